The Balaban J connectivity index is 2.13. The topological polar surface area (TPSA) is 68.3 Å². The van der Waals surface area contributed by atoms with Gasteiger partial charge in [0.05, 0.1) is 0 Å². The molecule has 7 heteroatoms. The summed E-state index contributed by atoms with van der Waals surface area (Å²) in [4.78, 5) is 28.8. The summed E-state index contributed by atoms with van der Waals surface area (Å²) in [5.41, 5.74) is -1.66. The van der Waals surface area contributed by atoms with Gasteiger partial charge in [-0.05, 0) is 40.5 Å². The van der Waals surface area contributed by atoms with Gasteiger partial charge in [0.15, 0.2) is 0 Å². The Hall–Kier alpha value is -1.60. The molecule has 2 aliphatic rings. The largest absolute Gasteiger partial charge is 0.444 e. The van der Waals surface area contributed by atoms with E-state index in [4.69, 9.17) is 14.2 Å². The summed E-state index contributed by atoms with van der Waals surface area (Å²) in [7, 11) is 1.55. The Morgan fingerprint density at radius 2 is 2.04 bits per heavy atom. The minimum absolute atomic E-state index is 0.136. The van der Waals surface area contributed by atoms with E-state index in [9.17, 15) is 9.59 Å². The van der Waals surface area contributed by atoms with Gasteiger partial charge in [-0.25, -0.2) is 4.79 Å². The zero-order valence-corrected chi connectivity index (χ0v) is 15.2. The first-order chi connectivity index (χ1) is 11.2. The number of hydrogen-bond donors (Lipinski definition) is 0. The summed E-state index contributed by atoms with van der Waals surface area (Å²) >= 11 is 0. The van der Waals surface area contributed by atoms with Crippen molar-refractivity contribution in [3.05, 3.63) is 12.2 Å². The molecule has 24 heavy (non-hydrogen) atoms. The Morgan fingerprint density at radius 1 is 1.33 bits per heavy atom. The van der Waals surface area contributed by atoms with Gasteiger partial charge in [0.2, 0.25) is 0 Å². The molecule has 0 N–H and O–H groups in total. The van der Waals surface area contributed by atoms with Crippen LogP contribution in [-0.4, -0.2) is 66.2 Å². The summed E-state index contributed by atoms with van der Waals surface area (Å²) in [5, 5.41) is 0. The predicted octanol–water partition coefficient (Wildman–Crippen LogP) is 2.12. The van der Waals surface area contributed by atoms with Crippen LogP contribution in [0.1, 0.15) is 40.5 Å². The average Bonchev–Trinajstić information content (AvgIpc) is 3.09. The summed E-state index contributed by atoms with van der Waals surface area (Å²) < 4.78 is 16.0. The smallest absolute Gasteiger partial charge is 0.411 e. The molecule has 2 amide bonds. The zero-order valence-electron chi connectivity index (χ0n) is 15.2. The third kappa shape index (κ3) is 3.89. The first kappa shape index (κ1) is 18.7. The number of nitrogens with zero attached hydrogens (tertiary/aromatic N) is 2. The van der Waals surface area contributed by atoms with Crippen molar-refractivity contribution in [3.8, 4) is 0 Å². The van der Waals surface area contributed by atoms with Crippen LogP contribution in [0.25, 0.3) is 0 Å². The van der Waals surface area contributed by atoms with Crippen LogP contribution in [0.2, 0.25) is 0 Å². The molecule has 0 aliphatic carbocycles. The molecule has 2 rings (SSSR count). The van der Waals surface area contributed by atoms with Crippen molar-refractivity contribution in [1.29, 1.82) is 0 Å². The van der Waals surface area contributed by atoms with Crippen LogP contribution in [-0.2, 0) is 19.0 Å². The van der Waals surface area contributed by atoms with Gasteiger partial charge in [-0.2, -0.15) is 0 Å². The Labute approximate surface area is 143 Å². The van der Waals surface area contributed by atoms with Gasteiger partial charge in [0, 0.05) is 20.2 Å². The fourth-order valence-electron chi connectivity index (χ4n) is 3.01. The maximum atomic E-state index is 13.1. The molecule has 7 nitrogen and oxygen atoms in total. The molecule has 2 atom stereocenters. The van der Waals surface area contributed by atoms with E-state index in [1.165, 1.54) is 4.90 Å². The highest BCUT2D eigenvalue weighted by molar-refractivity contribution is 5.93. The lowest BCUT2D eigenvalue weighted by Gasteiger charge is -2.38. The second kappa shape index (κ2) is 7.11. The van der Waals surface area contributed by atoms with Crippen molar-refractivity contribution < 1.29 is 23.8 Å². The minimum Gasteiger partial charge on any atom is -0.444 e. The highest BCUT2D eigenvalue weighted by atomic mass is 16.7. The Bertz CT molecular complexity index is 514. The van der Waals surface area contributed by atoms with E-state index in [1.807, 2.05) is 26.8 Å². The van der Waals surface area contributed by atoms with Gasteiger partial charge in [0.25, 0.3) is 5.91 Å². The monoisotopic (exact) mass is 340 g/mol. The number of methoxy groups -OCH3 is 1. The molecular weight excluding hydrogens is 312 g/mol. The lowest BCUT2D eigenvalue weighted by Crippen LogP contribution is -2.58. The standard InChI is InChI=1S/C17H28N2O5/c1-16(2,3)24-15(21)19-11-7-9-17(19,4)14(20)18-10-6-8-13(18)23-12-22-5/h7,9,13H,6,8,10-12H2,1-5H3/t13-,17-/m0/s1. The second-order valence-electron chi connectivity index (χ2n) is 7.31. The Morgan fingerprint density at radius 3 is 2.67 bits per heavy atom. The Kier molecular flexibility index (Phi) is 5.55. The van der Waals surface area contributed by atoms with Crippen molar-refractivity contribution in [2.24, 2.45) is 0 Å². The molecule has 1 fully saturated rings. The van der Waals surface area contributed by atoms with Crippen LogP contribution >= 0.6 is 0 Å². The molecule has 0 unspecified atom stereocenters. The fraction of sp³-hybridized carbons (Fsp3) is 0.765. The third-order valence-corrected chi connectivity index (χ3v) is 4.17. The maximum Gasteiger partial charge on any atom is 0.411 e. The van der Waals surface area contributed by atoms with Gasteiger partial charge in [-0.15, -0.1) is 0 Å². The van der Waals surface area contributed by atoms with Crippen LogP contribution in [0.15, 0.2) is 12.2 Å². The van der Waals surface area contributed by atoms with Crippen molar-refractivity contribution in [1.82, 2.24) is 9.80 Å². The molecule has 0 bridgehead atoms. The molecule has 0 radical (unpaired) electrons. The normalized spacial score (nSPS) is 27.0. The number of carbonyl (C=O) groups is 2. The van der Waals surface area contributed by atoms with Gasteiger partial charge in [0.1, 0.15) is 24.2 Å². The second-order valence-corrected chi connectivity index (χ2v) is 7.31. The molecule has 0 spiro atoms. The summed E-state index contributed by atoms with van der Waals surface area (Å²) in [6, 6.07) is 0. The quantitative estimate of drug-likeness (QED) is 0.579. The SMILES string of the molecule is COCO[C@H]1CCCN1C(=O)[C@]1(C)C=CCN1C(=O)OC(C)(C)C. The van der Waals surface area contributed by atoms with Crippen LogP contribution in [0, 0.1) is 0 Å². The fourth-order valence-corrected chi connectivity index (χ4v) is 3.01. The maximum absolute atomic E-state index is 13.1. The van der Waals surface area contributed by atoms with E-state index in [-0.39, 0.29) is 18.9 Å². The highest BCUT2D eigenvalue weighted by Gasteiger charge is 2.48. The van der Waals surface area contributed by atoms with Gasteiger partial charge < -0.3 is 19.1 Å². The number of ether oxygens (including phenoxy) is 3. The molecule has 0 aromatic rings. The van der Waals surface area contributed by atoms with Crippen molar-refractivity contribution in [2.45, 2.75) is 57.9 Å². The third-order valence-electron chi connectivity index (χ3n) is 4.17. The number of amides is 2. The molecule has 0 aromatic heterocycles. The van der Waals surface area contributed by atoms with Gasteiger partial charge in [-0.3, -0.25) is 9.69 Å². The van der Waals surface area contributed by atoms with Gasteiger partial charge in [-0.1, -0.05) is 12.2 Å². The molecule has 1 saturated heterocycles. The van der Waals surface area contributed by atoms with Crippen LogP contribution in [0.5, 0.6) is 0 Å². The van der Waals surface area contributed by atoms with Crippen LogP contribution in [0.4, 0.5) is 4.79 Å². The average molecular weight is 340 g/mol. The van der Waals surface area contributed by atoms with Crippen LogP contribution in [0.3, 0.4) is 0 Å². The molecule has 136 valence electrons. The van der Waals surface area contributed by atoms with E-state index in [2.05, 4.69) is 0 Å². The summed E-state index contributed by atoms with van der Waals surface area (Å²) in [6.45, 7) is 8.27. The van der Waals surface area contributed by atoms with Gasteiger partial charge >= 0.3 is 6.09 Å². The molecule has 2 heterocycles. The van der Waals surface area contributed by atoms with E-state index in [0.29, 0.717) is 13.1 Å². The number of carbonyl (C=O) groups excluding carboxylic acids is 2. The number of likely N-dealkylation sites (tertiary alicyclic amines) is 1. The number of hydrogen-bond acceptors (Lipinski definition) is 5. The predicted molar refractivity (Wildman–Crippen MR) is 88.2 cm³/mol. The van der Waals surface area contributed by atoms with Crippen molar-refractivity contribution >= 4 is 12.0 Å². The minimum atomic E-state index is -1.05. The first-order valence-electron chi connectivity index (χ1n) is 8.29. The lowest BCUT2D eigenvalue weighted by molar-refractivity contribution is -0.160. The van der Waals surface area contributed by atoms with E-state index < -0.39 is 17.2 Å². The number of rotatable bonds is 4. The molecular formula is C17H28N2O5. The first-order valence-corrected chi connectivity index (χ1v) is 8.29. The van der Waals surface area contributed by atoms with Crippen molar-refractivity contribution in [2.75, 3.05) is 27.0 Å². The highest BCUT2D eigenvalue weighted by Crippen LogP contribution is 2.31. The zero-order chi connectivity index (χ0) is 18.0. The van der Waals surface area contributed by atoms with E-state index in [1.54, 1.807) is 25.0 Å². The van der Waals surface area contributed by atoms with E-state index in [0.717, 1.165) is 12.8 Å². The molecule has 0 aromatic carbocycles. The molecule has 0 saturated carbocycles. The summed E-state index contributed by atoms with van der Waals surface area (Å²) in [5.74, 6) is -0.152. The lowest BCUT2D eigenvalue weighted by atomic mass is 10.0. The summed E-state index contributed by atoms with van der Waals surface area (Å²) in [6.07, 6.45) is 4.42. The van der Waals surface area contributed by atoms with E-state index >= 15 is 0 Å². The van der Waals surface area contributed by atoms with Crippen LogP contribution < -0.4 is 0 Å². The molecule has 2 aliphatic heterocycles. The van der Waals surface area contributed by atoms with Crippen molar-refractivity contribution in [3.63, 3.8) is 0 Å².